The highest BCUT2D eigenvalue weighted by Gasteiger charge is 2.21. The molecule has 5 rings (SSSR count). The summed E-state index contributed by atoms with van der Waals surface area (Å²) in [4.78, 5) is 24.9. The van der Waals surface area contributed by atoms with Crippen LogP contribution in [0.2, 0.25) is 0 Å². The van der Waals surface area contributed by atoms with Gasteiger partial charge in [0, 0.05) is 23.9 Å². The Hall–Kier alpha value is -2.97. The highest BCUT2D eigenvalue weighted by Crippen LogP contribution is 2.34. The lowest BCUT2D eigenvalue weighted by Crippen LogP contribution is -2.25. The van der Waals surface area contributed by atoms with Crippen LogP contribution in [0.4, 0.5) is 5.69 Å². The van der Waals surface area contributed by atoms with Crippen LogP contribution in [0.25, 0.3) is 21.8 Å². The van der Waals surface area contributed by atoms with Crippen molar-refractivity contribution in [2.45, 2.75) is 38.5 Å². The van der Waals surface area contributed by atoms with Crippen molar-refractivity contribution in [2.24, 2.45) is 5.92 Å². The first-order valence-corrected chi connectivity index (χ1v) is 13.3. The molecule has 3 heterocycles. The van der Waals surface area contributed by atoms with Crippen molar-refractivity contribution in [1.29, 1.82) is 0 Å². The molecule has 1 aliphatic carbocycles. The number of hydrogen-bond donors (Lipinski definition) is 1. The fourth-order valence-electron chi connectivity index (χ4n) is 4.57. The Morgan fingerprint density at radius 3 is 2.71 bits per heavy atom. The molecule has 2 aromatic heterocycles. The minimum absolute atomic E-state index is 0.0914. The lowest BCUT2D eigenvalue weighted by atomic mass is 9.83. The molecule has 8 heteroatoms. The third kappa shape index (κ3) is 6.00. The molecule has 1 aliphatic heterocycles. The van der Waals surface area contributed by atoms with E-state index in [1.807, 2.05) is 29.6 Å². The molecule has 0 bridgehead atoms. The number of ether oxygens (including phenoxy) is 2. The molecule has 2 aliphatic rings. The highest BCUT2D eigenvalue weighted by molar-refractivity contribution is 7.14. The molecule has 1 aromatic carbocycles. The first kappa shape index (κ1) is 23.8. The van der Waals surface area contributed by atoms with Crippen LogP contribution in [0, 0.1) is 5.92 Å². The van der Waals surface area contributed by atoms with Gasteiger partial charge in [0.05, 0.1) is 41.5 Å². The summed E-state index contributed by atoms with van der Waals surface area (Å²) >= 11 is 1.55. The monoisotopic (exact) mass is 492 g/mol. The standard InChI is InChI=1S/C27H32N4O3S/c1-33-25-14-20(7-8-24(25)34-12-11-31-9-2-3-10-31)22-16-28-17-23(30-22)26-15-21(18-35-26)29-27(32)13-19-5-4-6-19/h7-8,14-19H,2-6,9-13H2,1H3,(H,29,32). The molecule has 0 atom stereocenters. The number of nitrogens with one attached hydrogen (secondary N) is 1. The number of benzene rings is 1. The average Bonchev–Trinajstić information content (AvgIpc) is 3.54. The van der Waals surface area contributed by atoms with E-state index in [0.29, 0.717) is 24.7 Å². The fourth-order valence-corrected chi connectivity index (χ4v) is 5.36. The minimum atomic E-state index is 0.0914. The number of carbonyl (C=O) groups excluding carboxylic acids is 1. The predicted molar refractivity (Wildman–Crippen MR) is 139 cm³/mol. The van der Waals surface area contributed by atoms with E-state index in [1.165, 1.54) is 32.1 Å². The first-order chi connectivity index (χ1) is 17.2. The second kappa shape index (κ2) is 11.2. The van der Waals surface area contributed by atoms with Gasteiger partial charge >= 0.3 is 0 Å². The molecule has 1 saturated heterocycles. The van der Waals surface area contributed by atoms with Gasteiger partial charge < -0.3 is 14.8 Å². The van der Waals surface area contributed by atoms with Crippen LogP contribution in [0.1, 0.15) is 38.5 Å². The molecule has 3 aromatic rings. The van der Waals surface area contributed by atoms with Crippen LogP contribution in [0.3, 0.4) is 0 Å². The quantitative estimate of drug-likeness (QED) is 0.404. The largest absolute Gasteiger partial charge is 0.493 e. The van der Waals surface area contributed by atoms with Gasteiger partial charge in [-0.1, -0.05) is 6.42 Å². The van der Waals surface area contributed by atoms with Gasteiger partial charge in [-0.3, -0.25) is 14.7 Å². The number of thiophene rings is 1. The van der Waals surface area contributed by atoms with Crippen molar-refractivity contribution in [3.05, 3.63) is 42.0 Å². The summed E-state index contributed by atoms with van der Waals surface area (Å²) in [5.74, 6) is 2.06. The topological polar surface area (TPSA) is 76.6 Å². The summed E-state index contributed by atoms with van der Waals surface area (Å²) in [6.45, 7) is 3.89. The number of rotatable bonds is 10. The molecular formula is C27H32N4O3S. The zero-order chi connectivity index (χ0) is 24.0. The SMILES string of the molecule is COc1cc(-c2cncc(-c3cc(NC(=O)CC4CCC4)cs3)n2)ccc1OCCN1CCCC1. The van der Waals surface area contributed by atoms with E-state index in [-0.39, 0.29) is 5.91 Å². The Kier molecular flexibility index (Phi) is 7.59. The number of aromatic nitrogens is 2. The number of amides is 1. The third-order valence-electron chi connectivity index (χ3n) is 6.79. The van der Waals surface area contributed by atoms with Crippen LogP contribution in [-0.2, 0) is 4.79 Å². The third-order valence-corrected chi connectivity index (χ3v) is 7.74. The Labute approximate surface area is 210 Å². The van der Waals surface area contributed by atoms with E-state index in [1.54, 1.807) is 30.8 Å². The summed E-state index contributed by atoms with van der Waals surface area (Å²) in [7, 11) is 1.65. The molecule has 184 valence electrons. The lowest BCUT2D eigenvalue weighted by Gasteiger charge is -2.24. The number of hydrogen-bond acceptors (Lipinski definition) is 7. The van der Waals surface area contributed by atoms with E-state index in [2.05, 4.69) is 15.2 Å². The molecule has 2 fully saturated rings. The minimum Gasteiger partial charge on any atom is -0.493 e. The maximum atomic E-state index is 12.3. The average molecular weight is 493 g/mol. The highest BCUT2D eigenvalue weighted by atomic mass is 32.1. The normalized spacial score (nSPS) is 16.1. The summed E-state index contributed by atoms with van der Waals surface area (Å²) in [6.07, 6.45) is 10.3. The van der Waals surface area contributed by atoms with E-state index < -0.39 is 0 Å². The summed E-state index contributed by atoms with van der Waals surface area (Å²) < 4.78 is 11.6. The molecule has 0 spiro atoms. The summed E-state index contributed by atoms with van der Waals surface area (Å²) in [5, 5.41) is 4.98. The van der Waals surface area contributed by atoms with Crippen LogP contribution < -0.4 is 14.8 Å². The van der Waals surface area contributed by atoms with Crippen LogP contribution in [0.15, 0.2) is 42.0 Å². The second-order valence-electron chi connectivity index (χ2n) is 9.30. The van der Waals surface area contributed by atoms with Crippen molar-refractivity contribution in [3.8, 4) is 33.3 Å². The van der Waals surface area contributed by atoms with Gasteiger partial charge in [0.25, 0.3) is 0 Å². The molecular weight excluding hydrogens is 460 g/mol. The Balaban J connectivity index is 1.25. The smallest absolute Gasteiger partial charge is 0.224 e. The zero-order valence-corrected chi connectivity index (χ0v) is 21.0. The van der Waals surface area contributed by atoms with E-state index in [9.17, 15) is 4.79 Å². The fraction of sp³-hybridized carbons (Fsp3) is 0.444. The second-order valence-corrected chi connectivity index (χ2v) is 10.2. The number of methoxy groups -OCH3 is 1. The maximum absolute atomic E-state index is 12.3. The molecule has 1 N–H and O–H groups in total. The Bertz CT molecular complexity index is 1150. The maximum Gasteiger partial charge on any atom is 0.224 e. The van der Waals surface area contributed by atoms with Crippen LogP contribution in [0.5, 0.6) is 11.5 Å². The van der Waals surface area contributed by atoms with E-state index >= 15 is 0 Å². The van der Waals surface area contributed by atoms with Crippen molar-refractivity contribution in [1.82, 2.24) is 14.9 Å². The van der Waals surface area contributed by atoms with Crippen LogP contribution >= 0.6 is 11.3 Å². The molecule has 1 saturated carbocycles. The van der Waals surface area contributed by atoms with Gasteiger partial charge in [0.1, 0.15) is 6.61 Å². The van der Waals surface area contributed by atoms with Gasteiger partial charge in [0.15, 0.2) is 11.5 Å². The Morgan fingerprint density at radius 1 is 1.11 bits per heavy atom. The molecule has 1 amide bonds. The molecule has 7 nitrogen and oxygen atoms in total. The van der Waals surface area contributed by atoms with Gasteiger partial charge in [-0.05, 0) is 69.0 Å². The Morgan fingerprint density at radius 2 is 1.94 bits per heavy atom. The van der Waals surface area contributed by atoms with Crippen molar-refractivity contribution in [3.63, 3.8) is 0 Å². The summed E-state index contributed by atoms with van der Waals surface area (Å²) in [5.41, 5.74) is 3.26. The molecule has 0 radical (unpaired) electrons. The van der Waals surface area contributed by atoms with E-state index in [4.69, 9.17) is 14.5 Å². The van der Waals surface area contributed by atoms with Crippen LogP contribution in [-0.4, -0.2) is 54.1 Å². The van der Waals surface area contributed by atoms with Crippen molar-refractivity contribution < 1.29 is 14.3 Å². The number of likely N-dealkylation sites (tertiary alicyclic amines) is 1. The zero-order valence-electron chi connectivity index (χ0n) is 20.2. The molecule has 0 unspecified atom stereocenters. The van der Waals surface area contributed by atoms with Gasteiger partial charge in [-0.25, -0.2) is 4.98 Å². The van der Waals surface area contributed by atoms with Crippen molar-refractivity contribution >= 4 is 22.9 Å². The number of carbonyl (C=O) groups is 1. The van der Waals surface area contributed by atoms with Crippen molar-refractivity contribution in [2.75, 3.05) is 38.7 Å². The summed E-state index contributed by atoms with van der Waals surface area (Å²) in [6, 6.07) is 7.84. The van der Waals surface area contributed by atoms with E-state index in [0.717, 1.165) is 52.9 Å². The number of anilines is 1. The lowest BCUT2D eigenvalue weighted by molar-refractivity contribution is -0.117. The predicted octanol–water partition coefficient (Wildman–Crippen LogP) is 5.48. The number of nitrogens with zero attached hydrogens (tertiary/aromatic N) is 3. The van der Waals surface area contributed by atoms with Gasteiger partial charge in [-0.15, -0.1) is 11.3 Å². The van der Waals surface area contributed by atoms with Gasteiger partial charge in [-0.2, -0.15) is 0 Å². The molecule has 35 heavy (non-hydrogen) atoms. The first-order valence-electron chi connectivity index (χ1n) is 12.4. The van der Waals surface area contributed by atoms with Gasteiger partial charge in [0.2, 0.25) is 5.91 Å².